The Morgan fingerprint density at radius 1 is 0.839 bits per heavy atom. The van der Waals surface area contributed by atoms with E-state index >= 15 is 0 Å². The molecule has 0 fully saturated rings. The molecule has 0 unspecified atom stereocenters. The Morgan fingerprint density at radius 2 is 1.52 bits per heavy atom. The van der Waals surface area contributed by atoms with Crippen molar-refractivity contribution in [1.29, 1.82) is 0 Å². The number of hydrogen-bond acceptors (Lipinski definition) is 4. The van der Waals surface area contributed by atoms with E-state index in [0.29, 0.717) is 30.0 Å². The zero-order chi connectivity index (χ0) is 21.9. The molecular weight excluding hydrogens is 408 g/mol. The molecule has 0 saturated carbocycles. The quantitative estimate of drug-likeness (QED) is 0.348. The molecule has 0 spiro atoms. The molecule has 31 heavy (non-hydrogen) atoms. The number of benzene rings is 3. The Morgan fingerprint density at radius 3 is 2.29 bits per heavy atom. The summed E-state index contributed by atoms with van der Waals surface area (Å²) in [5.41, 5.74) is 2.69. The second kappa shape index (κ2) is 11.9. The zero-order valence-corrected chi connectivity index (χ0v) is 18.3. The van der Waals surface area contributed by atoms with E-state index in [1.54, 1.807) is 49.2 Å². The summed E-state index contributed by atoms with van der Waals surface area (Å²) >= 11 is 1.61. The van der Waals surface area contributed by atoms with Crippen LogP contribution in [0.4, 0.5) is 5.69 Å². The Bertz CT molecular complexity index is 1010. The molecule has 2 amide bonds. The van der Waals surface area contributed by atoms with Gasteiger partial charge in [-0.3, -0.25) is 9.59 Å². The molecular formula is C25H26N2O3S. The summed E-state index contributed by atoms with van der Waals surface area (Å²) in [7, 11) is 1.63. The molecule has 3 aromatic carbocycles. The number of para-hydroxylation sites is 1. The van der Waals surface area contributed by atoms with Crippen molar-refractivity contribution in [2.75, 3.05) is 25.6 Å². The third-order valence-corrected chi connectivity index (χ3v) is 5.74. The minimum atomic E-state index is -0.240. The SMILES string of the molecule is COCCCNC(=O)c1ccccc1NC(=O)c1ccccc1SCc1ccccc1. The average molecular weight is 435 g/mol. The molecule has 160 valence electrons. The van der Waals surface area contributed by atoms with Crippen molar-refractivity contribution in [2.45, 2.75) is 17.1 Å². The Balaban J connectivity index is 1.70. The van der Waals surface area contributed by atoms with Gasteiger partial charge in [0.1, 0.15) is 0 Å². The maximum absolute atomic E-state index is 13.0. The first kappa shape index (κ1) is 22.6. The maximum Gasteiger partial charge on any atom is 0.256 e. The van der Waals surface area contributed by atoms with E-state index in [-0.39, 0.29) is 11.8 Å². The van der Waals surface area contributed by atoms with Gasteiger partial charge in [0.25, 0.3) is 11.8 Å². The molecule has 3 aromatic rings. The fourth-order valence-electron chi connectivity index (χ4n) is 3.01. The smallest absolute Gasteiger partial charge is 0.256 e. The number of amides is 2. The summed E-state index contributed by atoms with van der Waals surface area (Å²) in [6, 6.07) is 24.7. The first-order chi connectivity index (χ1) is 15.2. The van der Waals surface area contributed by atoms with Gasteiger partial charge in [-0.2, -0.15) is 0 Å². The lowest BCUT2D eigenvalue weighted by Gasteiger charge is -2.13. The van der Waals surface area contributed by atoms with Crippen LogP contribution in [0.3, 0.4) is 0 Å². The largest absolute Gasteiger partial charge is 0.385 e. The van der Waals surface area contributed by atoms with Crippen molar-refractivity contribution in [3.8, 4) is 0 Å². The van der Waals surface area contributed by atoms with Crippen LogP contribution >= 0.6 is 11.8 Å². The maximum atomic E-state index is 13.0. The molecule has 2 N–H and O–H groups in total. The number of thioether (sulfide) groups is 1. The number of ether oxygens (including phenoxy) is 1. The monoisotopic (exact) mass is 434 g/mol. The molecule has 0 bridgehead atoms. The summed E-state index contributed by atoms with van der Waals surface area (Å²) in [4.78, 5) is 26.5. The molecule has 0 aliphatic carbocycles. The number of anilines is 1. The van der Waals surface area contributed by atoms with Crippen LogP contribution in [0, 0.1) is 0 Å². The van der Waals surface area contributed by atoms with E-state index in [4.69, 9.17) is 4.74 Å². The first-order valence-electron chi connectivity index (χ1n) is 10.1. The van der Waals surface area contributed by atoms with Crippen molar-refractivity contribution in [3.05, 3.63) is 95.6 Å². The normalized spacial score (nSPS) is 10.5. The minimum Gasteiger partial charge on any atom is -0.385 e. The second-order valence-corrected chi connectivity index (χ2v) is 7.89. The second-order valence-electron chi connectivity index (χ2n) is 6.87. The predicted molar refractivity (Wildman–Crippen MR) is 126 cm³/mol. The van der Waals surface area contributed by atoms with Crippen LogP contribution in [0.2, 0.25) is 0 Å². The van der Waals surface area contributed by atoms with Crippen LogP contribution in [0.25, 0.3) is 0 Å². The third-order valence-electron chi connectivity index (χ3n) is 4.60. The Hall–Kier alpha value is -3.09. The molecule has 5 nitrogen and oxygen atoms in total. The molecule has 6 heteroatoms. The average Bonchev–Trinajstić information content (AvgIpc) is 2.81. The highest BCUT2D eigenvalue weighted by Gasteiger charge is 2.16. The van der Waals surface area contributed by atoms with E-state index in [0.717, 1.165) is 17.1 Å². The zero-order valence-electron chi connectivity index (χ0n) is 17.5. The fraction of sp³-hybridized carbons (Fsp3) is 0.200. The van der Waals surface area contributed by atoms with Crippen molar-refractivity contribution in [1.82, 2.24) is 5.32 Å². The van der Waals surface area contributed by atoms with E-state index in [9.17, 15) is 9.59 Å². The molecule has 0 saturated heterocycles. The van der Waals surface area contributed by atoms with Gasteiger partial charge in [0, 0.05) is 30.9 Å². The van der Waals surface area contributed by atoms with Crippen molar-refractivity contribution in [2.24, 2.45) is 0 Å². The van der Waals surface area contributed by atoms with Crippen LogP contribution in [0.5, 0.6) is 0 Å². The minimum absolute atomic E-state index is 0.223. The number of hydrogen-bond donors (Lipinski definition) is 2. The molecule has 3 rings (SSSR count). The number of rotatable bonds is 10. The van der Waals surface area contributed by atoms with Crippen LogP contribution in [-0.4, -0.2) is 32.1 Å². The van der Waals surface area contributed by atoms with Gasteiger partial charge in [0.2, 0.25) is 0 Å². The molecule has 0 radical (unpaired) electrons. The van der Waals surface area contributed by atoms with Gasteiger partial charge < -0.3 is 15.4 Å². The lowest BCUT2D eigenvalue weighted by molar-refractivity contribution is 0.0949. The molecule has 0 aromatic heterocycles. The van der Waals surface area contributed by atoms with Gasteiger partial charge in [-0.1, -0.05) is 54.6 Å². The standard InChI is InChI=1S/C25H26N2O3S/c1-30-17-9-16-26-24(28)20-12-5-7-14-22(20)27-25(29)21-13-6-8-15-23(21)31-18-19-10-3-2-4-11-19/h2-8,10-15H,9,16-18H2,1H3,(H,26,28)(H,27,29). The highest BCUT2D eigenvalue weighted by molar-refractivity contribution is 7.98. The van der Waals surface area contributed by atoms with E-state index < -0.39 is 0 Å². The van der Waals surface area contributed by atoms with Crippen molar-refractivity contribution >= 4 is 29.3 Å². The number of carbonyl (C=O) groups is 2. The van der Waals surface area contributed by atoms with Crippen molar-refractivity contribution < 1.29 is 14.3 Å². The van der Waals surface area contributed by atoms with Gasteiger partial charge in [0.05, 0.1) is 16.8 Å². The summed E-state index contributed by atoms with van der Waals surface area (Å²) < 4.78 is 5.00. The van der Waals surface area contributed by atoms with Crippen molar-refractivity contribution in [3.63, 3.8) is 0 Å². The number of nitrogens with one attached hydrogen (secondary N) is 2. The van der Waals surface area contributed by atoms with Gasteiger partial charge in [0.15, 0.2) is 0 Å². The summed E-state index contributed by atoms with van der Waals surface area (Å²) in [5.74, 6) is 0.306. The fourth-order valence-corrected chi connectivity index (χ4v) is 4.01. The molecule has 0 atom stereocenters. The molecule has 0 aliphatic rings. The van der Waals surface area contributed by atoms with Crippen LogP contribution in [-0.2, 0) is 10.5 Å². The van der Waals surface area contributed by atoms with Crippen LogP contribution < -0.4 is 10.6 Å². The molecule has 0 aliphatic heterocycles. The summed E-state index contributed by atoms with van der Waals surface area (Å²) in [6.07, 6.45) is 0.725. The van der Waals surface area contributed by atoms with E-state index in [1.165, 1.54) is 5.56 Å². The van der Waals surface area contributed by atoms with Crippen LogP contribution in [0.15, 0.2) is 83.8 Å². The first-order valence-corrected chi connectivity index (χ1v) is 11.1. The topological polar surface area (TPSA) is 67.4 Å². The third kappa shape index (κ3) is 6.70. The lowest BCUT2D eigenvalue weighted by Crippen LogP contribution is -2.26. The lowest BCUT2D eigenvalue weighted by atomic mass is 10.1. The van der Waals surface area contributed by atoms with Gasteiger partial charge in [-0.25, -0.2) is 0 Å². The van der Waals surface area contributed by atoms with E-state index in [1.807, 2.05) is 36.4 Å². The predicted octanol–water partition coefficient (Wildman–Crippen LogP) is 5.00. The van der Waals surface area contributed by atoms with Gasteiger partial charge >= 0.3 is 0 Å². The highest BCUT2D eigenvalue weighted by atomic mass is 32.2. The summed E-state index contributed by atoms with van der Waals surface area (Å²) in [6.45, 7) is 1.09. The van der Waals surface area contributed by atoms with E-state index in [2.05, 4.69) is 22.8 Å². The van der Waals surface area contributed by atoms with Gasteiger partial charge in [-0.05, 0) is 36.2 Å². The molecule has 0 heterocycles. The Kier molecular flexibility index (Phi) is 8.70. The Labute approximate surface area is 187 Å². The number of methoxy groups -OCH3 is 1. The number of carbonyl (C=O) groups excluding carboxylic acids is 2. The van der Waals surface area contributed by atoms with Gasteiger partial charge in [-0.15, -0.1) is 11.8 Å². The van der Waals surface area contributed by atoms with Crippen LogP contribution in [0.1, 0.15) is 32.7 Å². The highest BCUT2D eigenvalue weighted by Crippen LogP contribution is 2.27. The summed E-state index contributed by atoms with van der Waals surface area (Å²) in [5, 5.41) is 5.77.